The Morgan fingerprint density at radius 3 is 2.31 bits per heavy atom. The highest BCUT2D eigenvalue weighted by Crippen LogP contribution is 2.37. The number of nitrogens with zero attached hydrogens (tertiary/aromatic N) is 1. The van der Waals surface area contributed by atoms with Crippen LogP contribution in [0.4, 0.5) is 15.8 Å². The fourth-order valence-electron chi connectivity index (χ4n) is 2.48. The number of anilines is 2. The van der Waals surface area contributed by atoms with Gasteiger partial charge >= 0.3 is 0 Å². The quantitative estimate of drug-likeness (QED) is 0.811. The van der Waals surface area contributed by atoms with Crippen LogP contribution in [0, 0.1) is 5.82 Å². The van der Waals surface area contributed by atoms with Crippen LogP contribution in [-0.4, -0.2) is 26.0 Å². The van der Waals surface area contributed by atoms with Crippen molar-refractivity contribution in [1.82, 2.24) is 0 Å². The van der Waals surface area contributed by atoms with E-state index in [0.717, 1.165) is 4.90 Å². The van der Waals surface area contributed by atoms with E-state index in [4.69, 9.17) is 21.1 Å². The second-order valence-corrected chi connectivity index (χ2v) is 5.68. The van der Waals surface area contributed by atoms with Crippen LogP contribution in [0.5, 0.6) is 11.5 Å². The van der Waals surface area contributed by atoms with Crippen molar-refractivity contribution in [2.75, 3.05) is 24.4 Å². The zero-order chi connectivity index (χ0) is 18.8. The first kappa shape index (κ1) is 17.8. The lowest BCUT2D eigenvalue weighted by molar-refractivity contribution is -0.120. The Morgan fingerprint density at radius 2 is 1.69 bits per heavy atom. The number of amides is 2. The molecule has 0 atom stereocenters. The number of imide groups is 1. The van der Waals surface area contributed by atoms with Gasteiger partial charge in [-0.1, -0.05) is 11.6 Å². The molecule has 0 radical (unpaired) electrons. The van der Waals surface area contributed by atoms with Gasteiger partial charge in [0.25, 0.3) is 11.8 Å². The van der Waals surface area contributed by atoms with Gasteiger partial charge in [-0.25, -0.2) is 9.29 Å². The topological polar surface area (TPSA) is 67.9 Å². The Hall–Kier alpha value is -3.06. The van der Waals surface area contributed by atoms with Crippen molar-refractivity contribution in [3.63, 3.8) is 0 Å². The molecule has 1 N–H and O–H groups in total. The molecule has 0 bridgehead atoms. The van der Waals surface area contributed by atoms with E-state index in [2.05, 4.69) is 5.32 Å². The van der Waals surface area contributed by atoms with Gasteiger partial charge in [0.15, 0.2) is 0 Å². The fourth-order valence-corrected chi connectivity index (χ4v) is 2.69. The molecule has 1 aliphatic rings. The van der Waals surface area contributed by atoms with Crippen molar-refractivity contribution in [3.05, 3.63) is 59.0 Å². The molecule has 0 unspecified atom stereocenters. The maximum atomic E-state index is 13.0. The number of rotatable bonds is 5. The number of benzene rings is 2. The summed E-state index contributed by atoms with van der Waals surface area (Å²) in [6, 6.07) is 9.98. The number of carbonyl (C=O) groups is 2. The molecule has 2 aromatic rings. The van der Waals surface area contributed by atoms with Crippen molar-refractivity contribution >= 4 is 34.8 Å². The predicted octanol–water partition coefficient (Wildman–Crippen LogP) is 3.28. The summed E-state index contributed by atoms with van der Waals surface area (Å²) >= 11 is 6.07. The molecule has 2 amide bonds. The van der Waals surface area contributed by atoms with E-state index in [9.17, 15) is 14.0 Å². The molecule has 0 saturated carbocycles. The average Bonchev–Trinajstić information content (AvgIpc) is 2.86. The Balaban J connectivity index is 1.94. The van der Waals surface area contributed by atoms with E-state index >= 15 is 0 Å². The molecule has 1 aliphatic heterocycles. The highest BCUT2D eigenvalue weighted by atomic mass is 35.5. The third kappa shape index (κ3) is 3.09. The first-order valence-corrected chi connectivity index (χ1v) is 7.87. The van der Waals surface area contributed by atoms with Crippen LogP contribution in [-0.2, 0) is 9.59 Å². The maximum absolute atomic E-state index is 13.0. The normalized spacial score (nSPS) is 14.1. The molecule has 0 aliphatic carbocycles. The van der Waals surface area contributed by atoms with Crippen LogP contribution in [0.3, 0.4) is 0 Å². The van der Waals surface area contributed by atoms with E-state index in [1.54, 1.807) is 12.1 Å². The Morgan fingerprint density at radius 1 is 1.00 bits per heavy atom. The number of halogens is 2. The average molecular weight is 377 g/mol. The SMILES string of the molecule is COc1ccc(N2C(=O)C(Cl)=C(Nc3ccc(F)cc3)C2=O)c(OC)c1. The third-order valence-electron chi connectivity index (χ3n) is 3.77. The molecule has 0 fully saturated rings. The van der Waals surface area contributed by atoms with Gasteiger partial charge in [0.1, 0.15) is 28.0 Å². The summed E-state index contributed by atoms with van der Waals surface area (Å²) in [7, 11) is 2.90. The van der Waals surface area contributed by atoms with Gasteiger partial charge in [0, 0.05) is 11.8 Å². The van der Waals surface area contributed by atoms with Crippen LogP contribution < -0.4 is 19.7 Å². The smallest absolute Gasteiger partial charge is 0.283 e. The lowest BCUT2D eigenvalue weighted by Crippen LogP contribution is -2.32. The Kier molecular flexibility index (Phi) is 4.81. The summed E-state index contributed by atoms with van der Waals surface area (Å²) in [5, 5.41) is 2.49. The second kappa shape index (κ2) is 7.05. The van der Waals surface area contributed by atoms with E-state index < -0.39 is 17.6 Å². The van der Waals surface area contributed by atoms with Crippen LogP contribution in [0.15, 0.2) is 53.2 Å². The molecule has 1 heterocycles. The minimum atomic E-state index is -0.690. The number of nitrogens with one attached hydrogen (secondary N) is 1. The van der Waals surface area contributed by atoms with Crippen molar-refractivity contribution in [2.45, 2.75) is 0 Å². The molecule has 2 aromatic carbocycles. The molecule has 6 nitrogen and oxygen atoms in total. The van der Waals surface area contributed by atoms with E-state index in [-0.39, 0.29) is 22.2 Å². The van der Waals surface area contributed by atoms with E-state index in [1.165, 1.54) is 44.6 Å². The van der Waals surface area contributed by atoms with Crippen LogP contribution >= 0.6 is 11.6 Å². The highest BCUT2D eigenvalue weighted by Gasteiger charge is 2.40. The standard InChI is InChI=1S/C18H14ClFN2O4/c1-25-12-7-8-13(14(9-12)26-2)22-17(23)15(19)16(18(22)24)21-11-5-3-10(20)4-6-11/h3-9,21H,1-2H3. The molecule has 0 saturated heterocycles. The van der Waals surface area contributed by atoms with Gasteiger partial charge in [-0.15, -0.1) is 0 Å². The number of ether oxygens (including phenoxy) is 2. The van der Waals surface area contributed by atoms with Gasteiger partial charge in [-0.05, 0) is 36.4 Å². The summed E-state index contributed by atoms with van der Waals surface area (Å²) in [6.07, 6.45) is 0. The van der Waals surface area contributed by atoms with Gasteiger partial charge in [-0.2, -0.15) is 0 Å². The summed E-state index contributed by atoms with van der Waals surface area (Å²) in [6.45, 7) is 0. The third-order valence-corrected chi connectivity index (χ3v) is 4.12. The molecule has 3 rings (SSSR count). The highest BCUT2D eigenvalue weighted by molar-refractivity contribution is 6.53. The van der Waals surface area contributed by atoms with Gasteiger partial charge in [0.2, 0.25) is 0 Å². The van der Waals surface area contributed by atoms with Crippen molar-refractivity contribution in [3.8, 4) is 11.5 Å². The first-order chi connectivity index (χ1) is 12.5. The first-order valence-electron chi connectivity index (χ1n) is 7.49. The fraction of sp³-hybridized carbons (Fsp3) is 0.111. The monoisotopic (exact) mass is 376 g/mol. The van der Waals surface area contributed by atoms with Crippen LogP contribution in [0.25, 0.3) is 0 Å². The lowest BCUT2D eigenvalue weighted by atomic mass is 10.2. The summed E-state index contributed by atoms with van der Waals surface area (Å²) in [5.41, 5.74) is 0.558. The minimum absolute atomic E-state index is 0.0962. The number of hydrogen-bond acceptors (Lipinski definition) is 5. The molecular formula is C18H14ClFN2O4. The predicted molar refractivity (Wildman–Crippen MR) is 94.9 cm³/mol. The molecule has 0 aromatic heterocycles. The molecule has 26 heavy (non-hydrogen) atoms. The molecular weight excluding hydrogens is 363 g/mol. The minimum Gasteiger partial charge on any atom is -0.497 e. The van der Waals surface area contributed by atoms with E-state index in [0.29, 0.717) is 11.4 Å². The molecule has 134 valence electrons. The Bertz CT molecular complexity index is 912. The summed E-state index contributed by atoms with van der Waals surface area (Å²) in [4.78, 5) is 26.2. The van der Waals surface area contributed by atoms with Crippen LogP contribution in [0.2, 0.25) is 0 Å². The zero-order valence-electron chi connectivity index (χ0n) is 13.9. The van der Waals surface area contributed by atoms with E-state index in [1.807, 2.05) is 0 Å². The number of carbonyl (C=O) groups excluding carboxylic acids is 2. The largest absolute Gasteiger partial charge is 0.497 e. The Labute approximate surface area is 153 Å². The van der Waals surface area contributed by atoms with Crippen LogP contribution in [0.1, 0.15) is 0 Å². The molecule has 0 spiro atoms. The number of hydrogen-bond donors (Lipinski definition) is 1. The maximum Gasteiger partial charge on any atom is 0.283 e. The summed E-state index contributed by atoms with van der Waals surface area (Å²) < 4.78 is 23.4. The van der Waals surface area contributed by atoms with Gasteiger partial charge in [0.05, 0.1) is 19.9 Å². The van der Waals surface area contributed by atoms with Crippen molar-refractivity contribution in [1.29, 1.82) is 0 Å². The zero-order valence-corrected chi connectivity index (χ0v) is 14.6. The van der Waals surface area contributed by atoms with Crippen molar-refractivity contribution < 1.29 is 23.5 Å². The second-order valence-electron chi connectivity index (χ2n) is 5.30. The van der Waals surface area contributed by atoms with Gasteiger partial charge < -0.3 is 14.8 Å². The van der Waals surface area contributed by atoms with Crippen molar-refractivity contribution in [2.24, 2.45) is 0 Å². The van der Waals surface area contributed by atoms with Gasteiger partial charge in [-0.3, -0.25) is 9.59 Å². The summed E-state index contributed by atoms with van der Waals surface area (Å²) in [5.74, 6) is -0.974. The number of methoxy groups -OCH3 is 2. The molecule has 8 heteroatoms. The lowest BCUT2D eigenvalue weighted by Gasteiger charge is -2.18.